The summed E-state index contributed by atoms with van der Waals surface area (Å²) in [4.78, 5) is 11.3. The van der Waals surface area contributed by atoms with Crippen LogP contribution in [0.2, 0.25) is 0 Å². The van der Waals surface area contributed by atoms with Crippen molar-refractivity contribution in [1.29, 1.82) is 0 Å². The molecule has 2 rings (SSSR count). The minimum absolute atomic E-state index is 0.394. The highest BCUT2D eigenvalue weighted by molar-refractivity contribution is 5.79. The van der Waals surface area contributed by atoms with Gasteiger partial charge in [0.05, 0.1) is 0 Å². The van der Waals surface area contributed by atoms with Crippen molar-refractivity contribution in [2.45, 2.75) is 58.1 Å². The van der Waals surface area contributed by atoms with Gasteiger partial charge in [0, 0.05) is 6.04 Å². The van der Waals surface area contributed by atoms with Gasteiger partial charge in [0.2, 0.25) is 0 Å². The zero-order valence-corrected chi connectivity index (χ0v) is 13.0. The van der Waals surface area contributed by atoms with E-state index in [-0.39, 0.29) is 0 Å². The quantitative estimate of drug-likeness (QED) is 0.811. The first-order valence-electron chi connectivity index (χ1n) is 7.97. The van der Waals surface area contributed by atoms with Gasteiger partial charge >= 0.3 is 0 Å². The van der Waals surface area contributed by atoms with Crippen LogP contribution in [0, 0.1) is 0 Å². The number of benzene rings is 1. The van der Waals surface area contributed by atoms with Gasteiger partial charge in [-0.1, -0.05) is 19.9 Å². The number of carbonyl (C=O) groups excluding carboxylic acids is 1. The van der Waals surface area contributed by atoms with Gasteiger partial charge < -0.3 is 15.8 Å². The van der Waals surface area contributed by atoms with Gasteiger partial charge in [-0.25, -0.2) is 0 Å². The minimum Gasteiger partial charge on any atom is -0.481 e. The van der Waals surface area contributed by atoms with Crippen LogP contribution in [0.1, 0.15) is 56.7 Å². The van der Waals surface area contributed by atoms with E-state index in [0.29, 0.717) is 12.5 Å². The molecule has 0 aromatic heterocycles. The lowest BCUT2D eigenvalue weighted by atomic mass is 9.87. The van der Waals surface area contributed by atoms with Gasteiger partial charge in [0.1, 0.15) is 5.75 Å². The lowest BCUT2D eigenvalue weighted by Crippen LogP contribution is -2.33. The van der Waals surface area contributed by atoms with Gasteiger partial charge in [-0.3, -0.25) is 4.79 Å². The molecule has 1 aliphatic rings. The highest BCUT2D eigenvalue weighted by Crippen LogP contribution is 2.32. The van der Waals surface area contributed by atoms with Gasteiger partial charge in [-0.2, -0.15) is 0 Å². The van der Waals surface area contributed by atoms with Crippen molar-refractivity contribution in [3.63, 3.8) is 0 Å². The SMILES string of the molecule is CCCNC1CCCc2ccc(OC(CC)C(N)=O)cc21. The van der Waals surface area contributed by atoms with Crippen LogP contribution in [-0.4, -0.2) is 18.6 Å². The predicted octanol–water partition coefficient (Wildman–Crippen LogP) is 2.71. The molecule has 2 atom stereocenters. The van der Waals surface area contributed by atoms with E-state index in [1.807, 2.05) is 13.0 Å². The average Bonchev–Trinajstić information content (AvgIpc) is 2.50. The van der Waals surface area contributed by atoms with Crippen molar-refractivity contribution >= 4 is 5.91 Å². The summed E-state index contributed by atoms with van der Waals surface area (Å²) in [5.74, 6) is 0.334. The molecule has 2 unspecified atom stereocenters. The smallest absolute Gasteiger partial charge is 0.258 e. The number of ether oxygens (including phenoxy) is 1. The molecule has 0 saturated heterocycles. The van der Waals surface area contributed by atoms with Crippen LogP contribution in [0.25, 0.3) is 0 Å². The van der Waals surface area contributed by atoms with Crippen molar-refractivity contribution in [2.75, 3.05) is 6.54 Å². The number of fused-ring (bicyclic) bond motifs is 1. The maximum atomic E-state index is 11.3. The molecule has 1 aromatic carbocycles. The Morgan fingerprint density at radius 2 is 2.29 bits per heavy atom. The monoisotopic (exact) mass is 290 g/mol. The topological polar surface area (TPSA) is 64.3 Å². The normalized spacial score (nSPS) is 18.9. The van der Waals surface area contributed by atoms with Crippen LogP contribution in [0.5, 0.6) is 5.75 Å². The number of carbonyl (C=O) groups is 1. The van der Waals surface area contributed by atoms with E-state index in [1.165, 1.54) is 17.5 Å². The Balaban J connectivity index is 2.17. The molecule has 0 spiro atoms. The highest BCUT2D eigenvalue weighted by atomic mass is 16.5. The summed E-state index contributed by atoms with van der Waals surface area (Å²) in [6.07, 6.45) is 4.66. The number of hydrogen-bond donors (Lipinski definition) is 2. The van der Waals surface area contributed by atoms with E-state index in [4.69, 9.17) is 10.5 Å². The summed E-state index contributed by atoms with van der Waals surface area (Å²) in [6, 6.07) is 6.55. The standard InChI is InChI=1S/C17H26N2O2/c1-3-10-19-15-7-5-6-12-8-9-13(11-14(12)15)21-16(4-2)17(18)20/h8-9,11,15-16,19H,3-7,10H2,1-2H3,(H2,18,20). The van der Waals surface area contributed by atoms with Gasteiger partial charge in [-0.05, 0) is 61.9 Å². The number of nitrogens with two attached hydrogens (primary N) is 1. The van der Waals surface area contributed by atoms with Crippen LogP contribution in [0.15, 0.2) is 18.2 Å². The average molecular weight is 290 g/mol. The van der Waals surface area contributed by atoms with Crippen LogP contribution in [0.4, 0.5) is 0 Å². The molecule has 4 nitrogen and oxygen atoms in total. The molecular formula is C17H26N2O2. The Kier molecular flexibility index (Phi) is 5.62. The first-order valence-corrected chi connectivity index (χ1v) is 7.97. The van der Waals surface area contributed by atoms with Gasteiger partial charge in [0.25, 0.3) is 5.91 Å². The Morgan fingerprint density at radius 3 is 2.95 bits per heavy atom. The second-order valence-corrected chi connectivity index (χ2v) is 5.68. The van der Waals surface area contributed by atoms with Crippen molar-refractivity contribution < 1.29 is 9.53 Å². The van der Waals surface area contributed by atoms with Crippen molar-refractivity contribution in [3.05, 3.63) is 29.3 Å². The lowest BCUT2D eigenvalue weighted by Gasteiger charge is -2.27. The zero-order valence-electron chi connectivity index (χ0n) is 13.0. The Hall–Kier alpha value is -1.55. The van der Waals surface area contributed by atoms with E-state index >= 15 is 0 Å². The number of amides is 1. The Morgan fingerprint density at radius 1 is 1.48 bits per heavy atom. The molecule has 4 heteroatoms. The minimum atomic E-state index is -0.548. The first-order chi connectivity index (χ1) is 10.2. The van der Waals surface area contributed by atoms with Crippen LogP contribution >= 0.6 is 0 Å². The second kappa shape index (κ2) is 7.46. The molecule has 0 radical (unpaired) electrons. The number of primary amides is 1. The molecular weight excluding hydrogens is 264 g/mol. The van der Waals surface area contributed by atoms with E-state index in [0.717, 1.165) is 31.6 Å². The summed E-state index contributed by atoms with van der Waals surface area (Å²) in [5.41, 5.74) is 8.04. The molecule has 3 N–H and O–H groups in total. The molecule has 1 aliphatic carbocycles. The fourth-order valence-corrected chi connectivity index (χ4v) is 2.89. The molecule has 116 valence electrons. The maximum Gasteiger partial charge on any atom is 0.258 e. The second-order valence-electron chi connectivity index (χ2n) is 5.68. The highest BCUT2D eigenvalue weighted by Gasteiger charge is 2.21. The van der Waals surface area contributed by atoms with Crippen LogP contribution in [0.3, 0.4) is 0 Å². The molecule has 0 aliphatic heterocycles. The van der Waals surface area contributed by atoms with Gasteiger partial charge in [0.15, 0.2) is 6.10 Å². The van der Waals surface area contributed by atoms with Crippen LogP contribution in [-0.2, 0) is 11.2 Å². The summed E-state index contributed by atoms with van der Waals surface area (Å²) >= 11 is 0. The summed E-state index contributed by atoms with van der Waals surface area (Å²) in [7, 11) is 0. The number of rotatable bonds is 7. The molecule has 1 aromatic rings. The molecule has 21 heavy (non-hydrogen) atoms. The fourth-order valence-electron chi connectivity index (χ4n) is 2.89. The third kappa shape index (κ3) is 3.97. The van der Waals surface area contributed by atoms with E-state index < -0.39 is 12.0 Å². The number of nitrogens with one attached hydrogen (secondary N) is 1. The predicted molar refractivity (Wildman–Crippen MR) is 84.3 cm³/mol. The van der Waals surface area contributed by atoms with Gasteiger partial charge in [-0.15, -0.1) is 0 Å². The molecule has 0 saturated carbocycles. The van der Waals surface area contributed by atoms with Crippen molar-refractivity contribution in [1.82, 2.24) is 5.32 Å². The van der Waals surface area contributed by atoms with Crippen molar-refractivity contribution in [2.24, 2.45) is 5.73 Å². The number of aryl methyl sites for hydroxylation is 1. The van der Waals surface area contributed by atoms with E-state index in [1.54, 1.807) is 0 Å². The maximum absolute atomic E-state index is 11.3. The first kappa shape index (κ1) is 15.8. The third-order valence-electron chi connectivity index (χ3n) is 4.04. The lowest BCUT2D eigenvalue weighted by molar-refractivity contribution is -0.124. The Labute approximate surface area is 127 Å². The summed E-state index contributed by atoms with van der Waals surface area (Å²) in [6.45, 7) is 5.10. The number of hydrogen-bond acceptors (Lipinski definition) is 3. The summed E-state index contributed by atoms with van der Waals surface area (Å²) in [5, 5.41) is 3.60. The molecule has 0 bridgehead atoms. The summed E-state index contributed by atoms with van der Waals surface area (Å²) < 4.78 is 5.74. The van der Waals surface area contributed by atoms with Crippen molar-refractivity contribution in [3.8, 4) is 5.75 Å². The zero-order chi connectivity index (χ0) is 15.2. The Bertz CT molecular complexity index is 488. The third-order valence-corrected chi connectivity index (χ3v) is 4.04. The van der Waals surface area contributed by atoms with Crippen LogP contribution < -0.4 is 15.8 Å². The molecule has 0 heterocycles. The fraction of sp³-hybridized carbons (Fsp3) is 0.588. The van der Waals surface area contributed by atoms with E-state index in [2.05, 4.69) is 24.4 Å². The molecule has 1 amide bonds. The van der Waals surface area contributed by atoms with E-state index in [9.17, 15) is 4.79 Å². The molecule has 0 fully saturated rings. The largest absolute Gasteiger partial charge is 0.481 e.